The summed E-state index contributed by atoms with van der Waals surface area (Å²) < 4.78 is 5.52. The maximum absolute atomic E-state index is 5.52. The Bertz CT molecular complexity index is 400. The summed E-state index contributed by atoms with van der Waals surface area (Å²) >= 11 is 0. The molecular weight excluding hydrogens is 258 g/mol. The summed E-state index contributed by atoms with van der Waals surface area (Å²) in [6.45, 7) is 15.6. The van der Waals surface area contributed by atoms with Gasteiger partial charge in [-0.1, -0.05) is 51.1 Å². The van der Waals surface area contributed by atoms with Gasteiger partial charge in [0.1, 0.15) is 0 Å². The lowest BCUT2D eigenvalue weighted by Gasteiger charge is -2.43. The first-order valence-electron chi connectivity index (χ1n) is 7.96. The van der Waals surface area contributed by atoms with Crippen LogP contribution in [-0.4, -0.2) is 30.7 Å². The van der Waals surface area contributed by atoms with Gasteiger partial charge in [-0.25, -0.2) is 0 Å². The molecule has 0 fully saturated rings. The van der Waals surface area contributed by atoms with E-state index in [1.165, 1.54) is 12.0 Å². The summed E-state index contributed by atoms with van der Waals surface area (Å²) in [6.07, 6.45) is 1.18. The van der Waals surface area contributed by atoms with Crippen LogP contribution in [-0.2, 0) is 4.74 Å². The Morgan fingerprint density at radius 1 is 1.00 bits per heavy atom. The van der Waals surface area contributed by atoms with Crippen LogP contribution in [0.5, 0.6) is 0 Å². The lowest BCUT2D eigenvalue weighted by atomic mass is 9.90. The van der Waals surface area contributed by atoms with Gasteiger partial charge < -0.3 is 4.74 Å². The first-order chi connectivity index (χ1) is 9.65. The van der Waals surface area contributed by atoms with Crippen LogP contribution in [0.15, 0.2) is 30.3 Å². The number of nitrogens with zero attached hydrogens (tertiary/aromatic N) is 1. The Morgan fingerprint density at radius 2 is 1.57 bits per heavy atom. The molecule has 21 heavy (non-hydrogen) atoms. The van der Waals surface area contributed by atoms with E-state index in [4.69, 9.17) is 4.74 Å². The molecule has 0 saturated heterocycles. The molecule has 0 bridgehead atoms. The van der Waals surface area contributed by atoms with Crippen molar-refractivity contribution in [2.45, 2.75) is 59.5 Å². The zero-order chi connectivity index (χ0) is 16.1. The van der Waals surface area contributed by atoms with Crippen LogP contribution in [0.2, 0.25) is 0 Å². The average molecular weight is 291 g/mol. The van der Waals surface area contributed by atoms with Gasteiger partial charge in [-0.2, -0.15) is 0 Å². The summed E-state index contributed by atoms with van der Waals surface area (Å²) in [5.41, 5.74) is 1.80. The normalized spacial score (nSPS) is 14.5. The molecule has 0 saturated carbocycles. The quantitative estimate of drug-likeness (QED) is 0.738. The van der Waals surface area contributed by atoms with Crippen LogP contribution in [0.1, 0.15) is 59.6 Å². The van der Waals surface area contributed by atoms with Gasteiger partial charge in [-0.3, -0.25) is 4.90 Å². The Labute approximate surface area is 131 Å². The molecule has 2 nitrogen and oxygen atoms in total. The van der Waals surface area contributed by atoms with Crippen molar-refractivity contribution in [3.05, 3.63) is 35.9 Å². The maximum atomic E-state index is 5.52. The van der Waals surface area contributed by atoms with Crippen molar-refractivity contribution in [2.24, 2.45) is 5.41 Å². The zero-order valence-electron chi connectivity index (χ0n) is 14.9. The molecule has 1 unspecified atom stereocenters. The minimum absolute atomic E-state index is 0.115. The van der Waals surface area contributed by atoms with Crippen LogP contribution in [0, 0.1) is 5.41 Å². The fraction of sp³-hybridized carbons (Fsp3) is 0.684. The number of hydrogen-bond donors (Lipinski definition) is 0. The molecule has 1 aromatic rings. The van der Waals surface area contributed by atoms with Crippen LogP contribution in [0.4, 0.5) is 0 Å². The Hall–Kier alpha value is -0.860. The van der Waals surface area contributed by atoms with Gasteiger partial charge in [-0.15, -0.1) is 0 Å². The SMILES string of the molecule is COCC(c1ccccc1)N(CCC(C)(C)C)C(C)(C)C. The molecule has 2 heteroatoms. The fourth-order valence-electron chi connectivity index (χ4n) is 2.61. The smallest absolute Gasteiger partial charge is 0.0659 e. The molecule has 0 aliphatic rings. The van der Waals surface area contributed by atoms with E-state index in [0.717, 1.165) is 13.2 Å². The van der Waals surface area contributed by atoms with Gasteiger partial charge in [-0.05, 0) is 44.7 Å². The van der Waals surface area contributed by atoms with Gasteiger partial charge in [0.05, 0.1) is 12.6 Å². The highest BCUT2D eigenvalue weighted by Crippen LogP contribution is 2.31. The molecule has 1 aromatic carbocycles. The zero-order valence-corrected chi connectivity index (χ0v) is 14.9. The van der Waals surface area contributed by atoms with Crippen molar-refractivity contribution in [3.63, 3.8) is 0 Å². The van der Waals surface area contributed by atoms with E-state index in [1.807, 2.05) is 0 Å². The number of methoxy groups -OCH3 is 1. The summed E-state index contributed by atoms with van der Waals surface area (Å²) in [4.78, 5) is 2.58. The van der Waals surface area contributed by atoms with Gasteiger partial charge in [0.15, 0.2) is 0 Å². The highest BCUT2D eigenvalue weighted by molar-refractivity contribution is 5.19. The van der Waals surface area contributed by atoms with E-state index in [-0.39, 0.29) is 5.54 Å². The van der Waals surface area contributed by atoms with Crippen molar-refractivity contribution >= 4 is 0 Å². The fourth-order valence-corrected chi connectivity index (χ4v) is 2.61. The lowest BCUT2D eigenvalue weighted by Crippen LogP contribution is -2.46. The van der Waals surface area contributed by atoms with Crippen molar-refractivity contribution in [2.75, 3.05) is 20.3 Å². The van der Waals surface area contributed by atoms with Gasteiger partial charge >= 0.3 is 0 Å². The topological polar surface area (TPSA) is 12.5 Å². The average Bonchev–Trinajstić information content (AvgIpc) is 2.36. The predicted molar refractivity (Wildman–Crippen MR) is 91.6 cm³/mol. The predicted octanol–water partition coefficient (Wildman–Crippen LogP) is 4.91. The number of ether oxygens (including phenoxy) is 1. The molecule has 0 aliphatic heterocycles. The summed E-state index contributed by atoms with van der Waals surface area (Å²) in [6, 6.07) is 11.0. The molecule has 0 aliphatic carbocycles. The van der Waals surface area contributed by atoms with Crippen molar-refractivity contribution in [3.8, 4) is 0 Å². The molecular formula is C19H33NO. The molecule has 0 N–H and O–H groups in total. The first-order valence-corrected chi connectivity index (χ1v) is 7.96. The molecule has 0 radical (unpaired) electrons. The third-order valence-electron chi connectivity index (χ3n) is 3.85. The summed E-state index contributed by atoms with van der Waals surface area (Å²) in [5, 5.41) is 0. The second-order valence-electron chi connectivity index (χ2n) is 8.06. The summed E-state index contributed by atoms with van der Waals surface area (Å²) in [7, 11) is 1.79. The number of rotatable bonds is 6. The maximum Gasteiger partial charge on any atom is 0.0659 e. The van der Waals surface area contributed by atoms with Gasteiger partial charge in [0.2, 0.25) is 0 Å². The summed E-state index contributed by atoms with van der Waals surface area (Å²) in [5.74, 6) is 0. The Kier molecular flexibility index (Phi) is 6.42. The second-order valence-corrected chi connectivity index (χ2v) is 8.06. The second kappa shape index (κ2) is 7.42. The van der Waals surface area contributed by atoms with Crippen LogP contribution in [0.3, 0.4) is 0 Å². The van der Waals surface area contributed by atoms with Gasteiger partial charge in [0.25, 0.3) is 0 Å². The standard InChI is InChI=1S/C19H33NO/c1-18(2,3)13-14-20(19(4,5)6)17(15-21-7)16-11-9-8-10-12-16/h8-12,17H,13-15H2,1-7H3. The molecule has 0 amide bonds. The van der Waals surface area contributed by atoms with Crippen LogP contribution >= 0.6 is 0 Å². The van der Waals surface area contributed by atoms with Crippen molar-refractivity contribution in [1.29, 1.82) is 0 Å². The lowest BCUT2D eigenvalue weighted by molar-refractivity contribution is 0.0219. The minimum Gasteiger partial charge on any atom is -0.383 e. The Morgan fingerprint density at radius 3 is 2.00 bits per heavy atom. The van der Waals surface area contributed by atoms with E-state index in [9.17, 15) is 0 Å². The molecule has 0 heterocycles. The Balaban J connectivity index is 3.01. The number of benzene rings is 1. The molecule has 1 atom stereocenters. The van der Waals surface area contributed by atoms with E-state index < -0.39 is 0 Å². The molecule has 120 valence electrons. The van der Waals surface area contributed by atoms with Crippen LogP contribution in [0.25, 0.3) is 0 Å². The molecule has 1 rings (SSSR count). The minimum atomic E-state index is 0.115. The van der Waals surface area contributed by atoms with Crippen molar-refractivity contribution < 1.29 is 4.74 Å². The highest BCUT2D eigenvalue weighted by Gasteiger charge is 2.30. The van der Waals surface area contributed by atoms with Gasteiger partial charge in [0, 0.05) is 12.6 Å². The number of hydrogen-bond acceptors (Lipinski definition) is 2. The van der Waals surface area contributed by atoms with Crippen molar-refractivity contribution in [1.82, 2.24) is 4.90 Å². The van der Waals surface area contributed by atoms with E-state index >= 15 is 0 Å². The molecule has 0 aromatic heterocycles. The van der Waals surface area contributed by atoms with E-state index in [2.05, 4.69) is 76.8 Å². The largest absolute Gasteiger partial charge is 0.383 e. The highest BCUT2D eigenvalue weighted by atomic mass is 16.5. The first kappa shape index (κ1) is 18.2. The third kappa shape index (κ3) is 6.19. The molecule has 0 spiro atoms. The van der Waals surface area contributed by atoms with E-state index in [0.29, 0.717) is 11.5 Å². The monoisotopic (exact) mass is 291 g/mol. The third-order valence-corrected chi connectivity index (χ3v) is 3.85. The van der Waals surface area contributed by atoms with Crippen LogP contribution < -0.4 is 0 Å². The van der Waals surface area contributed by atoms with E-state index in [1.54, 1.807) is 7.11 Å².